The van der Waals surface area contributed by atoms with Crippen LogP contribution in [0.1, 0.15) is 47.5 Å². The fraction of sp³-hybridized carbons (Fsp3) is 0.579. The lowest BCUT2D eigenvalue weighted by molar-refractivity contribution is 0.0575. The molecule has 1 N–H and O–H groups in total. The predicted octanol–water partition coefficient (Wildman–Crippen LogP) is 3.24. The van der Waals surface area contributed by atoms with Crippen molar-refractivity contribution in [1.29, 1.82) is 0 Å². The van der Waals surface area contributed by atoms with Gasteiger partial charge in [0.1, 0.15) is 5.69 Å². The van der Waals surface area contributed by atoms with Crippen LogP contribution in [0.3, 0.4) is 0 Å². The van der Waals surface area contributed by atoms with E-state index in [0.29, 0.717) is 17.7 Å². The van der Waals surface area contributed by atoms with Gasteiger partial charge in [-0.3, -0.25) is 4.79 Å². The van der Waals surface area contributed by atoms with E-state index in [0.717, 1.165) is 16.6 Å². The van der Waals surface area contributed by atoms with Gasteiger partial charge in [0.05, 0.1) is 0 Å². The Hall–Kier alpha value is -1.66. The lowest BCUT2D eigenvalue weighted by Crippen LogP contribution is -2.51. The maximum absolute atomic E-state index is 12.7. The summed E-state index contributed by atoms with van der Waals surface area (Å²) in [6.07, 6.45) is 10.3. The van der Waals surface area contributed by atoms with Crippen molar-refractivity contribution in [3.8, 4) is 5.13 Å². The lowest BCUT2D eigenvalue weighted by atomic mass is 9.83. The molecule has 2 aliphatic rings. The first kappa shape index (κ1) is 16.8. The molecular formula is C19H26N4OS. The number of hydrogen-bond acceptors (Lipinski definition) is 4. The maximum Gasteiger partial charge on any atom is 0.271 e. The van der Waals surface area contributed by atoms with Gasteiger partial charge < -0.3 is 14.8 Å². The molecule has 0 spiro atoms. The van der Waals surface area contributed by atoms with Crippen LogP contribution in [0.15, 0.2) is 24.5 Å². The summed E-state index contributed by atoms with van der Waals surface area (Å²) in [7, 11) is 0. The third-order valence-corrected chi connectivity index (χ3v) is 6.56. The van der Waals surface area contributed by atoms with Crippen molar-refractivity contribution >= 4 is 17.2 Å². The fourth-order valence-electron chi connectivity index (χ4n) is 4.29. The molecule has 1 amide bonds. The van der Waals surface area contributed by atoms with Gasteiger partial charge in [0.2, 0.25) is 0 Å². The molecule has 2 atom stereocenters. The summed E-state index contributed by atoms with van der Waals surface area (Å²) in [6.45, 7) is 5.22. The molecule has 2 aromatic rings. The van der Waals surface area contributed by atoms with Gasteiger partial charge >= 0.3 is 0 Å². The highest BCUT2D eigenvalue weighted by atomic mass is 32.1. The molecule has 0 saturated carbocycles. The van der Waals surface area contributed by atoms with Crippen LogP contribution in [0, 0.1) is 12.8 Å². The van der Waals surface area contributed by atoms with Crippen LogP contribution in [0.5, 0.6) is 0 Å². The molecule has 2 aromatic heterocycles. The summed E-state index contributed by atoms with van der Waals surface area (Å²) in [5, 5.41) is 4.02. The molecule has 5 nitrogen and oxygen atoms in total. The molecule has 2 saturated heterocycles. The van der Waals surface area contributed by atoms with Crippen molar-refractivity contribution in [2.45, 2.75) is 45.1 Å². The van der Waals surface area contributed by atoms with Crippen molar-refractivity contribution in [2.75, 3.05) is 19.6 Å². The number of aromatic nitrogens is 2. The average molecular weight is 359 g/mol. The largest absolute Gasteiger partial charge is 0.350 e. The topological polar surface area (TPSA) is 50.2 Å². The van der Waals surface area contributed by atoms with E-state index in [9.17, 15) is 4.79 Å². The smallest absolute Gasteiger partial charge is 0.271 e. The monoisotopic (exact) mass is 358 g/mol. The van der Waals surface area contributed by atoms with E-state index in [1.165, 1.54) is 45.2 Å². The van der Waals surface area contributed by atoms with E-state index in [4.69, 9.17) is 0 Å². The molecule has 134 valence electrons. The second-order valence-corrected chi connectivity index (χ2v) is 8.38. The second-order valence-electron chi connectivity index (χ2n) is 7.20. The van der Waals surface area contributed by atoms with Gasteiger partial charge in [-0.2, -0.15) is 0 Å². The highest BCUT2D eigenvalue weighted by Crippen LogP contribution is 2.30. The summed E-state index contributed by atoms with van der Waals surface area (Å²) >= 11 is 1.56. The number of aryl methyl sites for hydroxylation is 1. The van der Waals surface area contributed by atoms with Crippen molar-refractivity contribution < 1.29 is 4.79 Å². The molecule has 0 bridgehead atoms. The van der Waals surface area contributed by atoms with E-state index < -0.39 is 0 Å². The first-order valence-corrected chi connectivity index (χ1v) is 10.2. The zero-order chi connectivity index (χ0) is 17.2. The lowest BCUT2D eigenvalue weighted by Gasteiger charge is -2.44. The van der Waals surface area contributed by atoms with Crippen LogP contribution in [-0.2, 0) is 0 Å². The zero-order valence-electron chi connectivity index (χ0n) is 14.8. The summed E-state index contributed by atoms with van der Waals surface area (Å²) in [5.41, 5.74) is 0.574. The molecule has 0 aliphatic carbocycles. The number of amides is 1. The summed E-state index contributed by atoms with van der Waals surface area (Å²) in [5.74, 6) is 0.556. The summed E-state index contributed by atoms with van der Waals surface area (Å²) in [6, 6.07) is 4.60. The number of fused-ring (bicyclic) bond motifs is 1. The minimum absolute atomic E-state index is 0.0277. The molecule has 4 rings (SSSR count). The van der Waals surface area contributed by atoms with Gasteiger partial charge in [0, 0.05) is 29.9 Å². The predicted molar refractivity (Wildman–Crippen MR) is 100 cm³/mol. The molecule has 2 aliphatic heterocycles. The highest BCUT2D eigenvalue weighted by molar-refractivity contribution is 7.14. The van der Waals surface area contributed by atoms with Crippen LogP contribution in [-0.4, -0.2) is 46.0 Å². The molecule has 6 heteroatoms. The van der Waals surface area contributed by atoms with E-state index >= 15 is 0 Å². The van der Waals surface area contributed by atoms with Crippen LogP contribution >= 0.6 is 11.3 Å². The molecule has 0 radical (unpaired) electrons. The quantitative estimate of drug-likeness (QED) is 0.913. The number of hydrogen-bond donors (Lipinski definition) is 1. The Labute approximate surface area is 153 Å². The zero-order valence-corrected chi connectivity index (χ0v) is 15.6. The number of carbonyl (C=O) groups excluding carboxylic acids is 1. The standard InChI is InChI=1S/C19H26N4OS/c1-14-17(21-19(25-14)23-10-4-5-11-23)18(24)20-13-15-7-6-12-22-9-3-2-8-16(15)22/h4-5,10-11,15-16H,2-3,6-9,12-13H2,1H3,(H,20,24). The summed E-state index contributed by atoms with van der Waals surface area (Å²) < 4.78 is 1.95. The molecule has 2 unspecified atom stereocenters. The number of thiazole rings is 1. The number of nitrogens with one attached hydrogen (secondary N) is 1. The fourth-order valence-corrected chi connectivity index (χ4v) is 5.16. The Balaban J connectivity index is 1.40. The van der Waals surface area contributed by atoms with Gasteiger partial charge in [-0.1, -0.05) is 6.42 Å². The molecule has 2 fully saturated rings. The minimum Gasteiger partial charge on any atom is -0.350 e. The van der Waals surface area contributed by atoms with Crippen LogP contribution in [0.25, 0.3) is 5.13 Å². The van der Waals surface area contributed by atoms with E-state index in [1.54, 1.807) is 11.3 Å². The Morgan fingerprint density at radius 2 is 2.04 bits per heavy atom. The Bertz CT molecular complexity index is 722. The van der Waals surface area contributed by atoms with Gasteiger partial charge in [-0.15, -0.1) is 11.3 Å². The maximum atomic E-state index is 12.7. The number of nitrogens with zero attached hydrogens (tertiary/aromatic N) is 3. The highest BCUT2D eigenvalue weighted by Gasteiger charge is 2.33. The Morgan fingerprint density at radius 1 is 1.24 bits per heavy atom. The first-order valence-electron chi connectivity index (χ1n) is 9.35. The molecule has 4 heterocycles. The third-order valence-electron chi connectivity index (χ3n) is 5.58. The van der Waals surface area contributed by atoms with Crippen LogP contribution in [0.4, 0.5) is 0 Å². The number of carbonyl (C=O) groups is 1. The van der Waals surface area contributed by atoms with Gasteiger partial charge in [-0.05, 0) is 63.7 Å². The van der Waals surface area contributed by atoms with E-state index in [-0.39, 0.29) is 5.91 Å². The number of piperidine rings is 2. The molecule has 0 aromatic carbocycles. The van der Waals surface area contributed by atoms with E-state index in [1.807, 2.05) is 36.0 Å². The van der Waals surface area contributed by atoms with Gasteiger partial charge in [0.15, 0.2) is 5.13 Å². The van der Waals surface area contributed by atoms with Crippen molar-refractivity contribution in [3.63, 3.8) is 0 Å². The molecular weight excluding hydrogens is 332 g/mol. The summed E-state index contributed by atoms with van der Waals surface area (Å²) in [4.78, 5) is 20.8. The minimum atomic E-state index is -0.0277. The normalized spacial score (nSPS) is 24.0. The second kappa shape index (κ2) is 7.30. The molecule has 25 heavy (non-hydrogen) atoms. The average Bonchev–Trinajstić information content (AvgIpc) is 3.29. The van der Waals surface area contributed by atoms with Crippen molar-refractivity contribution in [2.24, 2.45) is 5.92 Å². The Morgan fingerprint density at radius 3 is 2.88 bits per heavy atom. The SMILES string of the molecule is Cc1sc(-n2cccc2)nc1C(=O)NCC1CCCN2CCCCC12. The van der Waals surface area contributed by atoms with E-state index in [2.05, 4.69) is 15.2 Å². The van der Waals surface area contributed by atoms with Crippen LogP contribution < -0.4 is 5.32 Å². The number of rotatable bonds is 4. The van der Waals surface area contributed by atoms with Crippen molar-refractivity contribution in [3.05, 3.63) is 35.1 Å². The van der Waals surface area contributed by atoms with Gasteiger partial charge in [-0.25, -0.2) is 4.98 Å². The Kier molecular flexibility index (Phi) is 4.90. The van der Waals surface area contributed by atoms with Gasteiger partial charge in [0.25, 0.3) is 5.91 Å². The van der Waals surface area contributed by atoms with Crippen LogP contribution in [0.2, 0.25) is 0 Å². The van der Waals surface area contributed by atoms with Crippen molar-refractivity contribution in [1.82, 2.24) is 19.8 Å². The first-order chi connectivity index (χ1) is 12.2. The third kappa shape index (κ3) is 3.51.